The number of rotatable bonds is 7. The minimum atomic E-state index is -0.0347. The number of carbonyl (C=O) groups excluding carboxylic acids is 1. The Morgan fingerprint density at radius 2 is 1.97 bits per heavy atom. The van der Waals surface area contributed by atoms with Crippen molar-refractivity contribution in [2.75, 3.05) is 13.7 Å². The summed E-state index contributed by atoms with van der Waals surface area (Å²) in [4.78, 5) is 15.3. The Hall–Kier alpha value is -2.90. The van der Waals surface area contributed by atoms with Crippen LogP contribution in [0.15, 0.2) is 65.7 Å². The lowest BCUT2D eigenvalue weighted by molar-refractivity contribution is -0.122. The van der Waals surface area contributed by atoms with Crippen LogP contribution in [0.3, 0.4) is 0 Å². The number of unbranched alkanes of at least 4 members (excludes halogenated alkanes) is 1. The number of amides is 1. The Labute approximate surface area is 191 Å². The smallest absolute Gasteiger partial charge is 0.266 e. The number of aromatic nitrogens is 2. The molecule has 0 radical (unpaired) electrons. The number of thiocarbonyl (C=S) groups is 1. The lowest BCUT2D eigenvalue weighted by atomic mass is 10.1. The first kappa shape index (κ1) is 21.3. The fraction of sp³-hybridized carbons (Fsp3) is 0.208. The second-order valence-corrected chi connectivity index (χ2v) is 8.81. The standard InChI is InChI=1S/C24H23N3O2S2/c1-3-4-13-26-23(28)21(31-24(26)30)15-18-16-27(19-10-6-5-7-11-19)25-22(18)17-9-8-12-20(14-17)29-2/h5-12,14-16H,3-4,13H2,1-2H3/b21-15-. The predicted molar refractivity (Wildman–Crippen MR) is 130 cm³/mol. The van der Waals surface area contributed by atoms with E-state index in [-0.39, 0.29) is 5.91 Å². The van der Waals surface area contributed by atoms with Crippen LogP contribution in [0, 0.1) is 0 Å². The summed E-state index contributed by atoms with van der Waals surface area (Å²) in [7, 11) is 1.64. The van der Waals surface area contributed by atoms with Gasteiger partial charge in [-0.25, -0.2) is 4.68 Å². The molecule has 0 atom stereocenters. The van der Waals surface area contributed by atoms with Gasteiger partial charge in [-0.05, 0) is 36.8 Å². The summed E-state index contributed by atoms with van der Waals surface area (Å²) in [6.07, 6.45) is 5.79. The second-order valence-electron chi connectivity index (χ2n) is 7.13. The van der Waals surface area contributed by atoms with Gasteiger partial charge in [-0.3, -0.25) is 9.69 Å². The zero-order valence-electron chi connectivity index (χ0n) is 17.4. The van der Waals surface area contributed by atoms with E-state index < -0.39 is 0 Å². The summed E-state index contributed by atoms with van der Waals surface area (Å²) in [6.45, 7) is 2.76. The van der Waals surface area contributed by atoms with Gasteiger partial charge in [0.15, 0.2) is 0 Å². The van der Waals surface area contributed by atoms with Gasteiger partial charge < -0.3 is 4.74 Å². The van der Waals surface area contributed by atoms with Gasteiger partial charge in [-0.2, -0.15) is 5.10 Å². The predicted octanol–water partition coefficient (Wildman–Crippen LogP) is 5.55. The number of hydrogen-bond acceptors (Lipinski definition) is 5. The van der Waals surface area contributed by atoms with Crippen LogP contribution in [0.25, 0.3) is 23.0 Å². The van der Waals surface area contributed by atoms with Crippen LogP contribution in [-0.2, 0) is 4.79 Å². The third kappa shape index (κ3) is 4.57. The summed E-state index contributed by atoms with van der Waals surface area (Å²) < 4.78 is 7.84. The molecule has 1 aliphatic rings. The van der Waals surface area contributed by atoms with Crippen molar-refractivity contribution >= 4 is 40.3 Å². The number of methoxy groups -OCH3 is 1. The largest absolute Gasteiger partial charge is 0.497 e. The molecule has 0 bridgehead atoms. The molecule has 0 N–H and O–H groups in total. The molecule has 1 saturated heterocycles. The van der Waals surface area contributed by atoms with E-state index in [1.807, 2.05) is 71.6 Å². The Balaban J connectivity index is 1.77. The molecule has 1 aromatic heterocycles. The number of hydrogen-bond donors (Lipinski definition) is 0. The molecule has 0 spiro atoms. The molecule has 0 aliphatic carbocycles. The van der Waals surface area contributed by atoms with Crippen molar-refractivity contribution < 1.29 is 9.53 Å². The number of nitrogens with zero attached hydrogens (tertiary/aromatic N) is 3. The van der Waals surface area contributed by atoms with E-state index in [9.17, 15) is 4.79 Å². The van der Waals surface area contributed by atoms with Gasteiger partial charge in [0.25, 0.3) is 5.91 Å². The fourth-order valence-electron chi connectivity index (χ4n) is 3.35. The van der Waals surface area contributed by atoms with Gasteiger partial charge in [-0.15, -0.1) is 0 Å². The number of ether oxygens (including phenoxy) is 1. The highest BCUT2D eigenvalue weighted by molar-refractivity contribution is 8.26. The highest BCUT2D eigenvalue weighted by Gasteiger charge is 2.31. The Bertz CT molecular complexity index is 1140. The molecule has 0 unspecified atom stereocenters. The molecule has 158 valence electrons. The Kier molecular flexibility index (Phi) is 6.53. The van der Waals surface area contributed by atoms with Crippen LogP contribution < -0.4 is 4.74 Å². The van der Waals surface area contributed by atoms with Crippen molar-refractivity contribution in [1.82, 2.24) is 14.7 Å². The minimum absolute atomic E-state index is 0.0347. The zero-order chi connectivity index (χ0) is 21.8. The number of carbonyl (C=O) groups is 1. The first-order valence-electron chi connectivity index (χ1n) is 10.2. The van der Waals surface area contributed by atoms with Crippen molar-refractivity contribution in [3.8, 4) is 22.7 Å². The van der Waals surface area contributed by atoms with Gasteiger partial charge in [0, 0.05) is 23.9 Å². The quantitative estimate of drug-likeness (QED) is 0.350. The third-order valence-electron chi connectivity index (χ3n) is 5.00. The maximum absolute atomic E-state index is 13.0. The topological polar surface area (TPSA) is 47.4 Å². The summed E-state index contributed by atoms with van der Waals surface area (Å²) >= 11 is 6.81. The van der Waals surface area contributed by atoms with E-state index in [4.69, 9.17) is 22.1 Å². The maximum Gasteiger partial charge on any atom is 0.266 e. The van der Waals surface area contributed by atoms with E-state index in [1.165, 1.54) is 11.8 Å². The zero-order valence-corrected chi connectivity index (χ0v) is 19.1. The van der Waals surface area contributed by atoms with Crippen LogP contribution >= 0.6 is 24.0 Å². The molecule has 4 rings (SSSR count). The van der Waals surface area contributed by atoms with Crippen LogP contribution in [0.4, 0.5) is 0 Å². The van der Waals surface area contributed by atoms with E-state index in [0.29, 0.717) is 15.8 Å². The molecule has 7 heteroatoms. The van der Waals surface area contributed by atoms with Crippen LogP contribution in [-0.4, -0.2) is 38.6 Å². The van der Waals surface area contributed by atoms with E-state index in [0.717, 1.165) is 41.1 Å². The molecule has 3 aromatic rings. The van der Waals surface area contributed by atoms with Gasteiger partial charge in [0.05, 0.1) is 17.7 Å². The van der Waals surface area contributed by atoms with Crippen LogP contribution in [0.1, 0.15) is 25.3 Å². The molecule has 31 heavy (non-hydrogen) atoms. The number of para-hydroxylation sites is 1. The van der Waals surface area contributed by atoms with Crippen LogP contribution in [0.2, 0.25) is 0 Å². The lowest BCUT2D eigenvalue weighted by Crippen LogP contribution is -2.28. The summed E-state index contributed by atoms with van der Waals surface area (Å²) in [5.74, 6) is 0.719. The minimum Gasteiger partial charge on any atom is -0.497 e. The summed E-state index contributed by atoms with van der Waals surface area (Å²) in [6, 6.07) is 17.7. The maximum atomic E-state index is 13.0. The highest BCUT2D eigenvalue weighted by atomic mass is 32.2. The molecular formula is C24H23N3O2S2. The molecule has 5 nitrogen and oxygen atoms in total. The van der Waals surface area contributed by atoms with Crippen molar-refractivity contribution in [3.05, 3.63) is 71.3 Å². The first-order chi connectivity index (χ1) is 15.1. The molecule has 2 aromatic carbocycles. The van der Waals surface area contributed by atoms with E-state index in [2.05, 4.69) is 6.92 Å². The van der Waals surface area contributed by atoms with Gasteiger partial charge in [0.2, 0.25) is 0 Å². The molecule has 1 aliphatic heterocycles. The average Bonchev–Trinajstić information content (AvgIpc) is 3.34. The molecular weight excluding hydrogens is 426 g/mol. The average molecular weight is 450 g/mol. The van der Waals surface area contributed by atoms with Gasteiger partial charge in [-0.1, -0.05) is 67.7 Å². The molecule has 2 heterocycles. The molecule has 1 amide bonds. The summed E-state index contributed by atoms with van der Waals surface area (Å²) in [5, 5.41) is 4.83. The Morgan fingerprint density at radius 1 is 1.16 bits per heavy atom. The van der Waals surface area contributed by atoms with Crippen molar-refractivity contribution in [3.63, 3.8) is 0 Å². The van der Waals surface area contributed by atoms with Crippen molar-refractivity contribution in [1.29, 1.82) is 0 Å². The monoisotopic (exact) mass is 449 g/mol. The van der Waals surface area contributed by atoms with E-state index in [1.54, 1.807) is 12.0 Å². The Morgan fingerprint density at radius 3 is 2.71 bits per heavy atom. The SMILES string of the molecule is CCCCN1C(=O)/C(=C/c2cn(-c3ccccc3)nc2-c2cccc(OC)c2)SC1=S. The van der Waals surface area contributed by atoms with Crippen molar-refractivity contribution in [2.45, 2.75) is 19.8 Å². The lowest BCUT2D eigenvalue weighted by Gasteiger charge is -2.12. The number of benzene rings is 2. The first-order valence-corrected chi connectivity index (χ1v) is 11.4. The fourth-order valence-corrected chi connectivity index (χ4v) is 4.65. The second kappa shape index (κ2) is 9.49. The van der Waals surface area contributed by atoms with Crippen molar-refractivity contribution in [2.24, 2.45) is 0 Å². The summed E-state index contributed by atoms with van der Waals surface area (Å²) in [5.41, 5.74) is 3.50. The molecule has 1 fully saturated rings. The third-order valence-corrected chi connectivity index (χ3v) is 6.38. The normalized spacial score (nSPS) is 15.2. The van der Waals surface area contributed by atoms with Gasteiger partial charge in [0.1, 0.15) is 15.8 Å². The number of thioether (sulfide) groups is 1. The highest BCUT2D eigenvalue weighted by Crippen LogP contribution is 2.35. The van der Waals surface area contributed by atoms with Crippen LogP contribution in [0.5, 0.6) is 5.75 Å². The van der Waals surface area contributed by atoms with E-state index >= 15 is 0 Å². The van der Waals surface area contributed by atoms with Gasteiger partial charge >= 0.3 is 0 Å². The molecule has 0 saturated carbocycles.